The SMILES string of the molecule is C[CH]C1=CCNCC1. The molecule has 0 aliphatic carbocycles. The molecule has 0 spiro atoms. The Morgan fingerprint density at radius 3 is 3.00 bits per heavy atom. The molecule has 1 rings (SSSR count). The summed E-state index contributed by atoms with van der Waals surface area (Å²) in [6.45, 7) is 4.30. The number of rotatable bonds is 1. The summed E-state index contributed by atoms with van der Waals surface area (Å²) in [5.74, 6) is 0. The summed E-state index contributed by atoms with van der Waals surface area (Å²) >= 11 is 0. The molecule has 1 N–H and O–H groups in total. The van der Waals surface area contributed by atoms with Crippen LogP contribution in [0.15, 0.2) is 11.6 Å². The van der Waals surface area contributed by atoms with Crippen molar-refractivity contribution >= 4 is 0 Å². The molecule has 0 aromatic rings. The number of hydrogen-bond acceptors (Lipinski definition) is 1. The minimum Gasteiger partial charge on any atom is -0.313 e. The van der Waals surface area contributed by atoms with Gasteiger partial charge in [0.05, 0.1) is 0 Å². The molecule has 0 aromatic heterocycles. The molecule has 1 radical (unpaired) electrons. The Kier molecular flexibility index (Phi) is 2.10. The predicted octanol–water partition coefficient (Wildman–Crippen LogP) is 1.13. The Morgan fingerprint density at radius 1 is 1.75 bits per heavy atom. The van der Waals surface area contributed by atoms with Crippen LogP contribution < -0.4 is 5.32 Å². The van der Waals surface area contributed by atoms with Gasteiger partial charge in [0.1, 0.15) is 0 Å². The van der Waals surface area contributed by atoms with Crippen LogP contribution in [-0.2, 0) is 0 Å². The van der Waals surface area contributed by atoms with Crippen molar-refractivity contribution in [1.29, 1.82) is 0 Å². The van der Waals surface area contributed by atoms with Crippen LogP contribution in [0.5, 0.6) is 0 Å². The maximum atomic E-state index is 3.25. The maximum absolute atomic E-state index is 3.25. The lowest BCUT2D eigenvalue weighted by molar-refractivity contribution is 0.706. The molecule has 8 heavy (non-hydrogen) atoms. The normalized spacial score (nSPS) is 20.4. The van der Waals surface area contributed by atoms with E-state index in [1.807, 2.05) is 0 Å². The Bertz CT molecular complexity index is 94.6. The van der Waals surface area contributed by atoms with E-state index in [0.29, 0.717) is 0 Å². The Morgan fingerprint density at radius 2 is 2.62 bits per heavy atom. The molecule has 1 nitrogen and oxygen atoms in total. The minimum atomic E-state index is 1.06. The zero-order valence-corrected chi connectivity index (χ0v) is 5.28. The molecule has 0 saturated heterocycles. The molecule has 1 aliphatic heterocycles. The topological polar surface area (TPSA) is 12.0 Å². The van der Waals surface area contributed by atoms with Crippen LogP contribution in [0, 0.1) is 6.42 Å². The quantitative estimate of drug-likeness (QED) is 0.533. The molecule has 1 aliphatic rings. The molecule has 45 valence electrons. The lowest BCUT2D eigenvalue weighted by Gasteiger charge is -2.10. The van der Waals surface area contributed by atoms with Crippen molar-refractivity contribution in [1.82, 2.24) is 5.32 Å². The molecule has 1 heterocycles. The van der Waals surface area contributed by atoms with E-state index in [4.69, 9.17) is 0 Å². The zero-order valence-electron chi connectivity index (χ0n) is 5.28. The number of nitrogens with one attached hydrogen (secondary N) is 1. The van der Waals surface area contributed by atoms with Gasteiger partial charge in [0.25, 0.3) is 0 Å². The van der Waals surface area contributed by atoms with Crippen molar-refractivity contribution in [3.63, 3.8) is 0 Å². The van der Waals surface area contributed by atoms with Crippen LogP contribution in [0.25, 0.3) is 0 Å². The van der Waals surface area contributed by atoms with Crippen molar-refractivity contribution in [2.24, 2.45) is 0 Å². The summed E-state index contributed by atoms with van der Waals surface area (Å²) in [6.07, 6.45) is 5.63. The van der Waals surface area contributed by atoms with Crippen molar-refractivity contribution < 1.29 is 0 Å². The zero-order chi connectivity index (χ0) is 5.82. The Balaban J connectivity index is 2.37. The molecule has 0 atom stereocenters. The van der Waals surface area contributed by atoms with Gasteiger partial charge in [-0.2, -0.15) is 0 Å². The van der Waals surface area contributed by atoms with Gasteiger partial charge in [0.2, 0.25) is 0 Å². The number of hydrogen-bond donors (Lipinski definition) is 1. The van der Waals surface area contributed by atoms with Crippen LogP contribution in [-0.4, -0.2) is 13.1 Å². The standard InChI is InChI=1S/C7H12N/c1-2-7-3-5-8-6-4-7/h2-3,8H,4-6H2,1H3. The monoisotopic (exact) mass is 110 g/mol. The van der Waals surface area contributed by atoms with Gasteiger partial charge >= 0.3 is 0 Å². The second kappa shape index (κ2) is 2.88. The van der Waals surface area contributed by atoms with Crippen molar-refractivity contribution in [3.8, 4) is 0 Å². The molecular formula is C7H12N. The summed E-state index contributed by atoms with van der Waals surface area (Å²) in [4.78, 5) is 0. The fraction of sp³-hybridized carbons (Fsp3) is 0.571. The highest BCUT2D eigenvalue weighted by Gasteiger charge is 1.97. The highest BCUT2D eigenvalue weighted by atomic mass is 14.8. The van der Waals surface area contributed by atoms with Gasteiger partial charge in [-0.05, 0) is 19.4 Å². The molecule has 0 bridgehead atoms. The second-order valence-electron chi connectivity index (χ2n) is 2.02. The third-order valence-electron chi connectivity index (χ3n) is 1.47. The van der Waals surface area contributed by atoms with Crippen molar-refractivity contribution in [2.45, 2.75) is 13.3 Å². The summed E-state index contributed by atoms with van der Waals surface area (Å²) in [6, 6.07) is 0. The predicted molar refractivity (Wildman–Crippen MR) is 35.5 cm³/mol. The maximum Gasteiger partial charge on any atom is 0.0137 e. The fourth-order valence-corrected chi connectivity index (χ4v) is 0.902. The Labute approximate surface area is 50.8 Å². The molecule has 0 aromatic carbocycles. The molecule has 1 heteroatoms. The van der Waals surface area contributed by atoms with Crippen LogP contribution >= 0.6 is 0 Å². The first kappa shape index (κ1) is 5.83. The average Bonchev–Trinajstić information content (AvgIpc) is 1.90. The largest absolute Gasteiger partial charge is 0.313 e. The Hall–Kier alpha value is -0.300. The third kappa shape index (κ3) is 1.34. The molecule has 0 unspecified atom stereocenters. The average molecular weight is 110 g/mol. The van der Waals surface area contributed by atoms with Crippen LogP contribution in [0.1, 0.15) is 13.3 Å². The van der Waals surface area contributed by atoms with Gasteiger partial charge in [0.15, 0.2) is 0 Å². The minimum absolute atomic E-state index is 1.06. The molecular weight excluding hydrogens is 98.1 g/mol. The highest BCUT2D eigenvalue weighted by molar-refractivity contribution is 5.14. The van der Waals surface area contributed by atoms with Gasteiger partial charge < -0.3 is 5.32 Å². The van der Waals surface area contributed by atoms with E-state index in [1.165, 1.54) is 12.0 Å². The third-order valence-corrected chi connectivity index (χ3v) is 1.47. The van der Waals surface area contributed by atoms with E-state index in [0.717, 1.165) is 13.1 Å². The smallest absolute Gasteiger partial charge is 0.0137 e. The molecule has 0 amide bonds. The van der Waals surface area contributed by atoms with E-state index in [9.17, 15) is 0 Å². The first-order chi connectivity index (χ1) is 3.93. The first-order valence-electron chi connectivity index (χ1n) is 3.12. The molecule has 0 saturated carbocycles. The molecule has 0 fully saturated rings. The van der Waals surface area contributed by atoms with E-state index < -0.39 is 0 Å². The van der Waals surface area contributed by atoms with E-state index in [1.54, 1.807) is 0 Å². The van der Waals surface area contributed by atoms with Crippen molar-refractivity contribution in [2.75, 3.05) is 13.1 Å². The lowest BCUT2D eigenvalue weighted by atomic mass is 10.1. The van der Waals surface area contributed by atoms with Crippen LogP contribution in [0.3, 0.4) is 0 Å². The fourth-order valence-electron chi connectivity index (χ4n) is 0.902. The van der Waals surface area contributed by atoms with Crippen LogP contribution in [0.2, 0.25) is 0 Å². The van der Waals surface area contributed by atoms with E-state index in [2.05, 4.69) is 24.7 Å². The van der Waals surface area contributed by atoms with Gasteiger partial charge in [-0.15, -0.1) is 0 Å². The summed E-state index contributed by atoms with van der Waals surface area (Å²) in [5.41, 5.74) is 1.49. The summed E-state index contributed by atoms with van der Waals surface area (Å²) < 4.78 is 0. The van der Waals surface area contributed by atoms with Gasteiger partial charge in [-0.3, -0.25) is 0 Å². The summed E-state index contributed by atoms with van der Waals surface area (Å²) in [7, 11) is 0. The summed E-state index contributed by atoms with van der Waals surface area (Å²) in [5, 5.41) is 3.25. The first-order valence-corrected chi connectivity index (χ1v) is 3.12. The highest BCUT2D eigenvalue weighted by Crippen LogP contribution is 2.05. The van der Waals surface area contributed by atoms with Gasteiger partial charge in [-0.1, -0.05) is 18.6 Å². The van der Waals surface area contributed by atoms with E-state index in [-0.39, 0.29) is 0 Å². The lowest BCUT2D eigenvalue weighted by Crippen LogP contribution is -2.20. The van der Waals surface area contributed by atoms with Gasteiger partial charge in [-0.25, -0.2) is 0 Å². The second-order valence-corrected chi connectivity index (χ2v) is 2.02. The van der Waals surface area contributed by atoms with E-state index >= 15 is 0 Å². The van der Waals surface area contributed by atoms with Gasteiger partial charge in [0, 0.05) is 6.54 Å². The van der Waals surface area contributed by atoms with Crippen molar-refractivity contribution in [3.05, 3.63) is 18.1 Å². The van der Waals surface area contributed by atoms with Crippen LogP contribution in [0.4, 0.5) is 0 Å².